The summed E-state index contributed by atoms with van der Waals surface area (Å²) in [7, 11) is 0. The molecule has 33 heavy (non-hydrogen) atoms. The van der Waals surface area contributed by atoms with Gasteiger partial charge in [-0.25, -0.2) is 0 Å². The number of hydrogen-bond acceptors (Lipinski definition) is 6. The Hall–Kier alpha value is -3.97. The van der Waals surface area contributed by atoms with E-state index >= 15 is 0 Å². The molecule has 1 saturated heterocycles. The zero-order chi connectivity index (χ0) is 22.3. The minimum Gasteiger partial charge on any atom is -0.401 e. The maximum absolute atomic E-state index is 6.27. The molecule has 166 valence electrons. The second-order valence-electron chi connectivity index (χ2n) is 7.59. The van der Waals surface area contributed by atoms with Gasteiger partial charge in [0, 0.05) is 13.1 Å². The molecule has 0 atom stereocenters. The van der Waals surface area contributed by atoms with Crippen LogP contribution in [0.3, 0.4) is 0 Å². The molecular formula is C26H25N4O3+. The molecular weight excluding hydrogens is 416 g/mol. The van der Waals surface area contributed by atoms with Crippen molar-refractivity contribution in [1.82, 2.24) is 9.97 Å². The summed E-state index contributed by atoms with van der Waals surface area (Å²) in [6.45, 7) is 3.17. The van der Waals surface area contributed by atoms with Crippen LogP contribution in [-0.4, -0.2) is 36.3 Å². The molecule has 1 aliphatic rings. The average Bonchev–Trinajstić information content (AvgIpc) is 2.88. The Morgan fingerprint density at radius 2 is 1.18 bits per heavy atom. The summed E-state index contributed by atoms with van der Waals surface area (Å²) in [4.78, 5) is 11.7. The lowest BCUT2D eigenvalue weighted by atomic mass is 10.2. The van der Waals surface area contributed by atoms with Crippen LogP contribution in [0.1, 0.15) is 5.56 Å². The lowest BCUT2D eigenvalue weighted by Gasteiger charge is -2.24. The van der Waals surface area contributed by atoms with Gasteiger partial charge in [0.2, 0.25) is 0 Å². The first-order chi connectivity index (χ1) is 16.3. The Kier molecular flexibility index (Phi) is 6.40. The lowest BCUT2D eigenvalue weighted by Crippen LogP contribution is -2.42. The van der Waals surface area contributed by atoms with Gasteiger partial charge in [-0.05, 0) is 39.8 Å². The Bertz CT molecular complexity index is 1110. The smallest absolute Gasteiger partial charge is 0.401 e. The molecule has 2 heterocycles. The molecule has 0 amide bonds. The number of para-hydroxylation sites is 2. The Labute approximate surface area is 192 Å². The largest absolute Gasteiger partial charge is 0.447 e. The zero-order valence-electron chi connectivity index (χ0n) is 18.2. The van der Waals surface area contributed by atoms with E-state index in [0.717, 1.165) is 5.56 Å². The van der Waals surface area contributed by atoms with Gasteiger partial charge in [0.25, 0.3) is 0 Å². The van der Waals surface area contributed by atoms with Gasteiger partial charge < -0.3 is 19.1 Å². The molecule has 4 aromatic rings. The monoisotopic (exact) mass is 441 g/mol. The van der Waals surface area contributed by atoms with E-state index in [2.05, 4.69) is 17.0 Å². The van der Waals surface area contributed by atoms with Crippen LogP contribution in [0, 0.1) is 0 Å². The first kappa shape index (κ1) is 20.9. The van der Waals surface area contributed by atoms with Crippen LogP contribution in [-0.2, 0) is 11.3 Å². The quantitative estimate of drug-likeness (QED) is 0.400. The predicted octanol–water partition coefficient (Wildman–Crippen LogP) is 4.23. The van der Waals surface area contributed by atoms with Crippen molar-refractivity contribution in [3.8, 4) is 23.5 Å². The van der Waals surface area contributed by atoms with Crippen molar-refractivity contribution in [3.05, 3.63) is 96.6 Å². The van der Waals surface area contributed by atoms with Crippen molar-refractivity contribution in [2.24, 2.45) is 0 Å². The van der Waals surface area contributed by atoms with Crippen LogP contribution in [0.25, 0.3) is 0 Å². The van der Waals surface area contributed by atoms with E-state index in [1.165, 1.54) is 0 Å². The number of rotatable bonds is 7. The highest BCUT2D eigenvalue weighted by molar-refractivity contribution is 5.33. The molecule has 0 bridgehead atoms. The van der Waals surface area contributed by atoms with Gasteiger partial charge in [0.15, 0.2) is 0 Å². The van der Waals surface area contributed by atoms with Gasteiger partial charge in [-0.1, -0.05) is 66.7 Å². The highest BCUT2D eigenvalue weighted by Crippen LogP contribution is 2.24. The van der Waals surface area contributed by atoms with E-state index in [1.54, 1.807) is 0 Å². The summed E-state index contributed by atoms with van der Waals surface area (Å²) in [6.07, 6.45) is 0. The summed E-state index contributed by atoms with van der Waals surface area (Å²) in [6, 6.07) is 30.2. The standard InChI is InChI=1S/C26H25N4O3/c1-4-10-21(11-5-1)20-30-25(32-22-12-6-2-7-13-22)27-24(29-16-18-31-19-17-29)28-26(30)33-23-14-8-3-9-15-23/h1-15H,16-20H2/q+1. The molecule has 0 N–H and O–H groups in total. The maximum atomic E-state index is 6.27. The summed E-state index contributed by atoms with van der Waals surface area (Å²) in [5.74, 6) is 1.94. The molecule has 7 nitrogen and oxygen atoms in total. The molecule has 0 saturated carbocycles. The number of aromatic nitrogens is 3. The maximum Gasteiger partial charge on any atom is 0.447 e. The Balaban J connectivity index is 1.61. The van der Waals surface area contributed by atoms with Crippen molar-refractivity contribution in [3.63, 3.8) is 0 Å². The summed E-state index contributed by atoms with van der Waals surface area (Å²) >= 11 is 0. The van der Waals surface area contributed by atoms with Gasteiger partial charge in [-0.15, -0.1) is 0 Å². The number of benzene rings is 3. The molecule has 1 aromatic heterocycles. The third kappa shape index (κ3) is 5.27. The fourth-order valence-corrected chi connectivity index (χ4v) is 3.55. The molecule has 1 aliphatic heterocycles. The van der Waals surface area contributed by atoms with Crippen LogP contribution < -0.4 is 18.9 Å². The van der Waals surface area contributed by atoms with Gasteiger partial charge >= 0.3 is 18.0 Å². The van der Waals surface area contributed by atoms with Crippen molar-refractivity contribution >= 4 is 5.95 Å². The molecule has 3 aromatic carbocycles. The highest BCUT2D eigenvalue weighted by Gasteiger charge is 2.30. The Morgan fingerprint density at radius 3 is 1.70 bits per heavy atom. The minimum atomic E-state index is 0.410. The second-order valence-corrected chi connectivity index (χ2v) is 7.59. The number of ether oxygens (including phenoxy) is 3. The third-order valence-corrected chi connectivity index (χ3v) is 5.24. The number of anilines is 1. The van der Waals surface area contributed by atoms with Crippen LogP contribution >= 0.6 is 0 Å². The Morgan fingerprint density at radius 1 is 0.697 bits per heavy atom. The van der Waals surface area contributed by atoms with Crippen molar-refractivity contribution in [1.29, 1.82) is 0 Å². The molecule has 5 rings (SSSR count). The van der Waals surface area contributed by atoms with E-state index in [0.29, 0.717) is 62.3 Å². The molecule has 0 unspecified atom stereocenters. The summed E-state index contributed by atoms with van der Waals surface area (Å²) in [5, 5.41) is 0. The lowest BCUT2D eigenvalue weighted by molar-refractivity contribution is -0.702. The second kappa shape index (κ2) is 10.1. The minimum absolute atomic E-state index is 0.410. The van der Waals surface area contributed by atoms with Crippen LogP contribution in [0.2, 0.25) is 0 Å². The highest BCUT2D eigenvalue weighted by atomic mass is 16.5. The van der Waals surface area contributed by atoms with E-state index in [4.69, 9.17) is 24.2 Å². The van der Waals surface area contributed by atoms with Gasteiger partial charge in [0.05, 0.1) is 13.2 Å². The van der Waals surface area contributed by atoms with Gasteiger partial charge in [-0.2, -0.15) is 4.57 Å². The molecule has 0 radical (unpaired) electrons. The fourth-order valence-electron chi connectivity index (χ4n) is 3.55. The predicted molar refractivity (Wildman–Crippen MR) is 124 cm³/mol. The molecule has 0 spiro atoms. The fraction of sp³-hybridized carbons (Fsp3) is 0.192. The molecule has 1 fully saturated rings. The summed E-state index contributed by atoms with van der Waals surface area (Å²) < 4.78 is 19.9. The molecule has 7 heteroatoms. The van der Waals surface area contributed by atoms with Crippen LogP contribution in [0.4, 0.5) is 5.95 Å². The van der Waals surface area contributed by atoms with E-state index in [-0.39, 0.29) is 0 Å². The first-order valence-corrected chi connectivity index (χ1v) is 11.0. The topological polar surface area (TPSA) is 60.6 Å². The van der Waals surface area contributed by atoms with E-state index in [9.17, 15) is 0 Å². The molecule has 0 aliphatic carbocycles. The van der Waals surface area contributed by atoms with E-state index in [1.807, 2.05) is 83.4 Å². The number of hydrogen-bond donors (Lipinski definition) is 0. The van der Waals surface area contributed by atoms with E-state index < -0.39 is 0 Å². The van der Waals surface area contributed by atoms with Crippen molar-refractivity contribution in [2.75, 3.05) is 31.2 Å². The number of nitrogens with zero attached hydrogens (tertiary/aromatic N) is 4. The SMILES string of the molecule is c1ccc(C[n+]2c(Oc3ccccc3)nc(N3CCOCC3)nc2Oc2ccccc2)cc1. The third-order valence-electron chi connectivity index (χ3n) is 5.24. The van der Waals surface area contributed by atoms with Gasteiger partial charge in [-0.3, -0.25) is 0 Å². The van der Waals surface area contributed by atoms with Gasteiger partial charge in [0.1, 0.15) is 18.0 Å². The van der Waals surface area contributed by atoms with Crippen LogP contribution in [0.5, 0.6) is 23.5 Å². The number of morpholine rings is 1. The van der Waals surface area contributed by atoms with Crippen molar-refractivity contribution < 1.29 is 18.8 Å². The average molecular weight is 442 g/mol. The van der Waals surface area contributed by atoms with Crippen LogP contribution in [0.15, 0.2) is 91.0 Å². The normalized spacial score (nSPS) is 13.5. The summed E-state index contributed by atoms with van der Waals surface area (Å²) in [5.41, 5.74) is 1.08. The van der Waals surface area contributed by atoms with Crippen molar-refractivity contribution in [2.45, 2.75) is 6.54 Å². The zero-order valence-corrected chi connectivity index (χ0v) is 18.2. The first-order valence-electron chi connectivity index (χ1n) is 11.0.